The lowest BCUT2D eigenvalue weighted by atomic mass is 10.1. The number of hydrogen-bond acceptors (Lipinski definition) is 5. The lowest BCUT2D eigenvalue weighted by molar-refractivity contribution is 0.475. The minimum atomic E-state index is -3.69. The van der Waals surface area contributed by atoms with Crippen LogP contribution in [0.25, 0.3) is 5.65 Å². The van der Waals surface area contributed by atoms with Gasteiger partial charge in [0.05, 0.1) is 0 Å². The van der Waals surface area contributed by atoms with Gasteiger partial charge in [0.25, 0.3) is 10.0 Å². The SMILES string of the molecule is CC1CCCC1NS(=O)(=O)c1c(NN)nc2ccccn12. The zero-order chi connectivity index (χ0) is 15.0. The van der Waals surface area contributed by atoms with E-state index in [2.05, 4.69) is 22.1 Å². The molecule has 1 aliphatic carbocycles. The Morgan fingerprint density at radius 1 is 1.38 bits per heavy atom. The van der Waals surface area contributed by atoms with Crippen molar-refractivity contribution in [3.05, 3.63) is 24.4 Å². The van der Waals surface area contributed by atoms with Gasteiger partial charge >= 0.3 is 0 Å². The number of pyridine rings is 1. The second-order valence-electron chi connectivity index (χ2n) is 5.47. The first kappa shape index (κ1) is 14.3. The molecule has 1 saturated carbocycles. The van der Waals surface area contributed by atoms with Crippen LogP contribution < -0.4 is 16.0 Å². The Morgan fingerprint density at radius 3 is 2.86 bits per heavy atom. The lowest BCUT2D eigenvalue weighted by Crippen LogP contribution is -2.37. The van der Waals surface area contributed by atoms with Crippen molar-refractivity contribution in [1.29, 1.82) is 0 Å². The number of imidazole rings is 1. The lowest BCUT2D eigenvalue weighted by Gasteiger charge is -2.17. The maximum atomic E-state index is 12.7. The number of fused-ring (bicyclic) bond motifs is 1. The van der Waals surface area contributed by atoms with E-state index in [4.69, 9.17) is 5.84 Å². The highest BCUT2D eigenvalue weighted by Crippen LogP contribution is 2.28. The summed E-state index contributed by atoms with van der Waals surface area (Å²) < 4.78 is 29.8. The molecule has 114 valence electrons. The van der Waals surface area contributed by atoms with E-state index in [1.54, 1.807) is 24.4 Å². The van der Waals surface area contributed by atoms with Crippen LogP contribution in [-0.4, -0.2) is 23.8 Å². The molecule has 4 N–H and O–H groups in total. The highest BCUT2D eigenvalue weighted by molar-refractivity contribution is 7.89. The van der Waals surface area contributed by atoms with Gasteiger partial charge < -0.3 is 5.43 Å². The summed E-state index contributed by atoms with van der Waals surface area (Å²) in [7, 11) is -3.69. The molecule has 0 aliphatic heterocycles. The van der Waals surface area contributed by atoms with Crippen molar-refractivity contribution in [1.82, 2.24) is 14.1 Å². The minimum Gasteiger partial charge on any atom is -0.306 e. The standard InChI is InChI=1S/C13H19N5O2S/c1-9-5-4-6-10(9)17-21(19,20)13-12(16-14)15-11-7-2-3-8-18(11)13/h2-3,7-10,16-17H,4-6,14H2,1H3. The van der Waals surface area contributed by atoms with Crippen LogP contribution in [0.4, 0.5) is 5.82 Å². The van der Waals surface area contributed by atoms with Crippen LogP contribution in [0, 0.1) is 5.92 Å². The first-order valence-corrected chi connectivity index (χ1v) is 8.47. The molecule has 2 heterocycles. The maximum absolute atomic E-state index is 12.7. The molecular formula is C13H19N5O2S. The molecule has 2 aromatic rings. The molecule has 2 unspecified atom stereocenters. The Morgan fingerprint density at radius 2 is 2.19 bits per heavy atom. The molecule has 0 spiro atoms. The number of nitrogens with zero attached hydrogens (tertiary/aromatic N) is 2. The number of hydrogen-bond donors (Lipinski definition) is 3. The summed E-state index contributed by atoms with van der Waals surface area (Å²) in [5, 5.41) is 0.0553. The molecular weight excluding hydrogens is 290 g/mol. The minimum absolute atomic E-state index is 0.0325. The van der Waals surface area contributed by atoms with Crippen molar-refractivity contribution >= 4 is 21.5 Å². The van der Waals surface area contributed by atoms with E-state index in [0.717, 1.165) is 19.3 Å². The maximum Gasteiger partial charge on any atom is 0.260 e. The number of rotatable bonds is 4. The van der Waals surface area contributed by atoms with Gasteiger partial charge in [0, 0.05) is 12.2 Å². The first-order valence-electron chi connectivity index (χ1n) is 6.99. The number of anilines is 1. The fourth-order valence-corrected chi connectivity index (χ4v) is 4.53. The second-order valence-corrected chi connectivity index (χ2v) is 7.10. The Kier molecular flexibility index (Phi) is 3.60. The number of nitrogens with one attached hydrogen (secondary N) is 2. The van der Waals surface area contributed by atoms with Gasteiger partial charge in [-0.05, 0) is 30.9 Å². The molecule has 7 nitrogen and oxygen atoms in total. The van der Waals surface area contributed by atoms with E-state index in [-0.39, 0.29) is 16.9 Å². The molecule has 21 heavy (non-hydrogen) atoms. The van der Waals surface area contributed by atoms with Gasteiger partial charge in [0.2, 0.25) is 0 Å². The van der Waals surface area contributed by atoms with Gasteiger partial charge in [-0.3, -0.25) is 4.40 Å². The smallest absolute Gasteiger partial charge is 0.260 e. The molecule has 3 rings (SSSR count). The fourth-order valence-electron chi connectivity index (χ4n) is 2.90. The van der Waals surface area contributed by atoms with Crippen LogP contribution in [0.5, 0.6) is 0 Å². The Labute approximate surface area is 123 Å². The van der Waals surface area contributed by atoms with Crippen LogP contribution in [0.15, 0.2) is 29.4 Å². The summed E-state index contributed by atoms with van der Waals surface area (Å²) in [4.78, 5) is 4.20. The topological polar surface area (TPSA) is 102 Å². The molecule has 2 atom stereocenters. The zero-order valence-corrected chi connectivity index (χ0v) is 12.6. The van der Waals surface area contributed by atoms with Crippen molar-refractivity contribution in [2.45, 2.75) is 37.3 Å². The molecule has 0 aromatic carbocycles. The van der Waals surface area contributed by atoms with Crippen LogP contribution in [0.2, 0.25) is 0 Å². The van der Waals surface area contributed by atoms with Gasteiger partial charge in [-0.25, -0.2) is 24.0 Å². The van der Waals surface area contributed by atoms with E-state index in [9.17, 15) is 8.42 Å². The van der Waals surface area contributed by atoms with Gasteiger partial charge in [0.1, 0.15) is 5.65 Å². The Balaban J connectivity index is 2.05. The summed E-state index contributed by atoms with van der Waals surface area (Å²) >= 11 is 0. The monoisotopic (exact) mass is 309 g/mol. The summed E-state index contributed by atoms with van der Waals surface area (Å²) in [6.07, 6.45) is 4.62. The average Bonchev–Trinajstić information content (AvgIpc) is 3.02. The van der Waals surface area contributed by atoms with E-state index in [1.807, 2.05) is 0 Å². The Hall–Kier alpha value is -1.64. The van der Waals surface area contributed by atoms with Gasteiger partial charge in [-0.15, -0.1) is 0 Å². The predicted molar refractivity (Wildman–Crippen MR) is 80.1 cm³/mol. The predicted octanol–water partition coefficient (Wildman–Crippen LogP) is 1.09. The third-order valence-corrected chi connectivity index (χ3v) is 5.56. The molecule has 0 saturated heterocycles. The third-order valence-electron chi connectivity index (χ3n) is 4.05. The van der Waals surface area contributed by atoms with E-state index < -0.39 is 10.0 Å². The van der Waals surface area contributed by atoms with E-state index >= 15 is 0 Å². The highest BCUT2D eigenvalue weighted by atomic mass is 32.2. The van der Waals surface area contributed by atoms with Gasteiger partial charge in [-0.1, -0.05) is 19.4 Å². The van der Waals surface area contributed by atoms with Crippen molar-refractivity contribution in [2.75, 3.05) is 5.43 Å². The van der Waals surface area contributed by atoms with Crippen LogP contribution in [-0.2, 0) is 10.0 Å². The quantitative estimate of drug-likeness (QED) is 0.579. The normalized spacial score (nSPS) is 22.8. The molecule has 2 aromatic heterocycles. The van der Waals surface area contributed by atoms with E-state index in [1.165, 1.54) is 4.40 Å². The van der Waals surface area contributed by atoms with E-state index in [0.29, 0.717) is 11.6 Å². The summed E-state index contributed by atoms with van der Waals surface area (Å²) in [5.41, 5.74) is 2.91. The number of aromatic nitrogens is 2. The molecule has 8 heteroatoms. The molecule has 0 radical (unpaired) electrons. The van der Waals surface area contributed by atoms with Gasteiger partial charge in [0.15, 0.2) is 10.8 Å². The fraction of sp³-hybridized carbons (Fsp3) is 0.462. The van der Waals surface area contributed by atoms with Crippen LogP contribution in [0.1, 0.15) is 26.2 Å². The largest absolute Gasteiger partial charge is 0.306 e. The number of hydrazine groups is 1. The highest BCUT2D eigenvalue weighted by Gasteiger charge is 2.32. The molecule has 0 bridgehead atoms. The summed E-state index contributed by atoms with van der Waals surface area (Å²) in [5.74, 6) is 5.92. The number of nitrogen functional groups attached to an aromatic ring is 1. The first-order chi connectivity index (χ1) is 10.0. The average molecular weight is 309 g/mol. The van der Waals surface area contributed by atoms with Crippen molar-refractivity contribution in [3.63, 3.8) is 0 Å². The van der Waals surface area contributed by atoms with Crippen molar-refractivity contribution < 1.29 is 8.42 Å². The molecule has 1 fully saturated rings. The second kappa shape index (κ2) is 5.28. The molecule has 1 aliphatic rings. The summed E-state index contributed by atoms with van der Waals surface area (Å²) in [6, 6.07) is 5.25. The van der Waals surface area contributed by atoms with Crippen molar-refractivity contribution in [3.8, 4) is 0 Å². The molecule has 0 amide bonds. The summed E-state index contributed by atoms with van der Waals surface area (Å²) in [6.45, 7) is 2.07. The number of sulfonamides is 1. The van der Waals surface area contributed by atoms with Crippen LogP contribution >= 0.6 is 0 Å². The van der Waals surface area contributed by atoms with Crippen molar-refractivity contribution in [2.24, 2.45) is 11.8 Å². The number of nitrogens with two attached hydrogens (primary N) is 1. The Bertz CT molecular complexity index is 755. The third kappa shape index (κ3) is 2.50. The van der Waals surface area contributed by atoms with Gasteiger partial charge in [-0.2, -0.15) is 0 Å². The zero-order valence-electron chi connectivity index (χ0n) is 11.8. The van der Waals surface area contributed by atoms with Crippen LogP contribution in [0.3, 0.4) is 0 Å².